The van der Waals surface area contributed by atoms with Gasteiger partial charge in [0.2, 0.25) is 0 Å². The lowest BCUT2D eigenvalue weighted by molar-refractivity contribution is -0.138. The quantitative estimate of drug-likeness (QED) is 0.822. The number of rotatable bonds is 4. The van der Waals surface area contributed by atoms with Gasteiger partial charge in [-0.05, 0) is 39.2 Å². The molecule has 3 rings (SSSR count). The molecular formula is C15H27N3O2. The van der Waals surface area contributed by atoms with E-state index < -0.39 is 5.97 Å². The summed E-state index contributed by atoms with van der Waals surface area (Å²) >= 11 is 0. The van der Waals surface area contributed by atoms with E-state index >= 15 is 0 Å². The lowest BCUT2D eigenvalue weighted by Gasteiger charge is -2.27. The molecule has 0 radical (unpaired) electrons. The number of hydrogen-bond donors (Lipinski definition) is 1. The van der Waals surface area contributed by atoms with Crippen LogP contribution in [0.25, 0.3) is 0 Å². The minimum absolute atomic E-state index is 0.198. The first-order valence-electron chi connectivity index (χ1n) is 8.07. The summed E-state index contributed by atoms with van der Waals surface area (Å²) in [6.07, 6.45) is 5.17. The minimum Gasteiger partial charge on any atom is -0.480 e. The third-order valence-corrected chi connectivity index (χ3v) is 5.12. The first-order valence-corrected chi connectivity index (χ1v) is 8.07. The molecule has 3 aliphatic rings. The van der Waals surface area contributed by atoms with Crippen molar-refractivity contribution in [3.05, 3.63) is 0 Å². The van der Waals surface area contributed by atoms with Crippen LogP contribution in [0.2, 0.25) is 0 Å². The zero-order valence-electron chi connectivity index (χ0n) is 12.5. The predicted octanol–water partition coefficient (Wildman–Crippen LogP) is 0.704. The van der Waals surface area contributed by atoms with Gasteiger partial charge in [0.25, 0.3) is 0 Å². The van der Waals surface area contributed by atoms with Gasteiger partial charge in [0, 0.05) is 44.3 Å². The first-order chi connectivity index (χ1) is 9.63. The second kappa shape index (κ2) is 6.00. The van der Waals surface area contributed by atoms with Gasteiger partial charge in [0.1, 0.15) is 0 Å². The molecule has 1 N–H and O–H groups in total. The molecule has 0 bridgehead atoms. The van der Waals surface area contributed by atoms with Gasteiger partial charge in [-0.3, -0.25) is 19.5 Å². The molecule has 5 nitrogen and oxygen atoms in total. The van der Waals surface area contributed by atoms with Crippen molar-refractivity contribution in [3.8, 4) is 0 Å². The Morgan fingerprint density at radius 2 is 1.95 bits per heavy atom. The minimum atomic E-state index is -0.701. The van der Waals surface area contributed by atoms with Gasteiger partial charge in [-0.25, -0.2) is 0 Å². The van der Waals surface area contributed by atoms with Crippen LogP contribution >= 0.6 is 0 Å². The highest BCUT2D eigenvalue weighted by molar-refractivity contribution is 5.69. The van der Waals surface area contributed by atoms with E-state index in [0.717, 1.165) is 44.7 Å². The molecule has 2 unspecified atom stereocenters. The molecule has 2 heterocycles. The van der Waals surface area contributed by atoms with Gasteiger partial charge in [-0.15, -0.1) is 0 Å². The number of hydrogen-bond acceptors (Lipinski definition) is 4. The standard InChI is InChI=1S/C15H27N3O2/c1-12-9-14(10-18(12)13-3-4-13)17-6-2-5-16(7-8-17)11-15(19)20/h12-14H,2-11H2,1H3,(H,19,20). The molecule has 0 aromatic carbocycles. The molecule has 3 fully saturated rings. The smallest absolute Gasteiger partial charge is 0.317 e. The van der Waals surface area contributed by atoms with Gasteiger partial charge in [0.15, 0.2) is 0 Å². The highest BCUT2D eigenvalue weighted by atomic mass is 16.4. The maximum absolute atomic E-state index is 10.8. The molecule has 0 amide bonds. The molecule has 2 aliphatic heterocycles. The second-order valence-corrected chi connectivity index (χ2v) is 6.73. The van der Waals surface area contributed by atoms with E-state index in [2.05, 4.69) is 21.6 Å². The Balaban J connectivity index is 1.52. The summed E-state index contributed by atoms with van der Waals surface area (Å²) in [5.41, 5.74) is 0. The molecule has 114 valence electrons. The highest BCUT2D eigenvalue weighted by Crippen LogP contribution is 2.34. The van der Waals surface area contributed by atoms with Gasteiger partial charge in [-0.2, -0.15) is 0 Å². The van der Waals surface area contributed by atoms with Crippen molar-refractivity contribution in [2.45, 2.75) is 50.7 Å². The highest BCUT2D eigenvalue weighted by Gasteiger charge is 2.40. The summed E-state index contributed by atoms with van der Waals surface area (Å²) in [7, 11) is 0. The molecule has 1 saturated carbocycles. The number of likely N-dealkylation sites (tertiary alicyclic amines) is 1. The predicted molar refractivity (Wildman–Crippen MR) is 77.9 cm³/mol. The van der Waals surface area contributed by atoms with Gasteiger partial charge >= 0.3 is 5.97 Å². The molecule has 0 aromatic rings. The van der Waals surface area contributed by atoms with E-state index in [1.807, 2.05) is 0 Å². The maximum Gasteiger partial charge on any atom is 0.317 e. The topological polar surface area (TPSA) is 47.0 Å². The van der Waals surface area contributed by atoms with Crippen molar-refractivity contribution in [1.82, 2.24) is 14.7 Å². The van der Waals surface area contributed by atoms with Gasteiger partial charge in [0.05, 0.1) is 6.54 Å². The Morgan fingerprint density at radius 3 is 2.65 bits per heavy atom. The average molecular weight is 281 g/mol. The van der Waals surface area contributed by atoms with Crippen LogP contribution in [0.5, 0.6) is 0 Å². The van der Waals surface area contributed by atoms with Crippen LogP contribution in [0.1, 0.15) is 32.6 Å². The monoisotopic (exact) mass is 281 g/mol. The summed E-state index contributed by atoms with van der Waals surface area (Å²) in [5.74, 6) is -0.701. The summed E-state index contributed by atoms with van der Waals surface area (Å²) in [6.45, 7) is 7.79. The van der Waals surface area contributed by atoms with Crippen LogP contribution in [0.4, 0.5) is 0 Å². The number of carboxylic acids is 1. The van der Waals surface area contributed by atoms with Crippen LogP contribution < -0.4 is 0 Å². The Bertz CT molecular complexity index is 359. The maximum atomic E-state index is 10.8. The van der Waals surface area contributed by atoms with Crippen LogP contribution in [0, 0.1) is 0 Å². The molecule has 5 heteroatoms. The number of carboxylic acid groups (broad SMARTS) is 1. The third kappa shape index (κ3) is 3.32. The molecule has 0 spiro atoms. The van der Waals surface area contributed by atoms with Gasteiger partial charge in [-0.1, -0.05) is 0 Å². The van der Waals surface area contributed by atoms with Crippen molar-refractivity contribution in [1.29, 1.82) is 0 Å². The number of aliphatic carboxylic acids is 1. The Kier molecular flexibility index (Phi) is 4.29. The van der Waals surface area contributed by atoms with Crippen molar-refractivity contribution in [3.63, 3.8) is 0 Å². The molecule has 1 aliphatic carbocycles. The van der Waals surface area contributed by atoms with Crippen LogP contribution in [-0.4, -0.2) is 83.2 Å². The fraction of sp³-hybridized carbons (Fsp3) is 0.933. The molecule has 20 heavy (non-hydrogen) atoms. The molecule has 2 atom stereocenters. The summed E-state index contributed by atoms with van der Waals surface area (Å²) < 4.78 is 0. The zero-order valence-corrected chi connectivity index (χ0v) is 12.5. The second-order valence-electron chi connectivity index (χ2n) is 6.73. The molecule has 2 saturated heterocycles. The summed E-state index contributed by atoms with van der Waals surface area (Å²) in [4.78, 5) is 18.2. The van der Waals surface area contributed by atoms with E-state index in [4.69, 9.17) is 5.11 Å². The van der Waals surface area contributed by atoms with Crippen LogP contribution in [0.3, 0.4) is 0 Å². The van der Waals surface area contributed by atoms with Crippen LogP contribution in [0.15, 0.2) is 0 Å². The summed E-state index contributed by atoms with van der Waals surface area (Å²) in [5, 5.41) is 8.91. The van der Waals surface area contributed by atoms with Crippen molar-refractivity contribution >= 4 is 5.97 Å². The van der Waals surface area contributed by atoms with E-state index in [0.29, 0.717) is 6.04 Å². The SMILES string of the molecule is CC1CC(N2CCCN(CC(=O)O)CC2)CN1C1CC1. The average Bonchev–Trinajstić information content (AvgIpc) is 3.17. The Hall–Kier alpha value is -0.650. The van der Waals surface area contributed by atoms with Crippen molar-refractivity contribution < 1.29 is 9.90 Å². The number of nitrogens with zero attached hydrogens (tertiary/aromatic N) is 3. The van der Waals surface area contributed by atoms with Gasteiger partial charge < -0.3 is 5.11 Å². The van der Waals surface area contributed by atoms with E-state index in [1.54, 1.807) is 0 Å². The van der Waals surface area contributed by atoms with E-state index in [9.17, 15) is 4.79 Å². The largest absolute Gasteiger partial charge is 0.480 e. The fourth-order valence-electron chi connectivity index (χ4n) is 3.91. The Labute approximate surface area is 121 Å². The van der Waals surface area contributed by atoms with E-state index in [-0.39, 0.29) is 6.54 Å². The third-order valence-electron chi connectivity index (χ3n) is 5.12. The first kappa shape index (κ1) is 14.3. The van der Waals surface area contributed by atoms with Crippen molar-refractivity contribution in [2.75, 3.05) is 39.3 Å². The fourth-order valence-corrected chi connectivity index (χ4v) is 3.91. The molecular weight excluding hydrogens is 254 g/mol. The number of carbonyl (C=O) groups is 1. The Morgan fingerprint density at radius 1 is 1.15 bits per heavy atom. The lowest BCUT2D eigenvalue weighted by Crippen LogP contribution is -2.41. The normalized spacial score (nSPS) is 34.2. The summed E-state index contributed by atoms with van der Waals surface area (Å²) in [6, 6.07) is 2.28. The lowest BCUT2D eigenvalue weighted by atomic mass is 10.1. The van der Waals surface area contributed by atoms with E-state index in [1.165, 1.54) is 25.8 Å². The van der Waals surface area contributed by atoms with Crippen molar-refractivity contribution in [2.24, 2.45) is 0 Å². The zero-order chi connectivity index (χ0) is 14.1. The van der Waals surface area contributed by atoms with Crippen LogP contribution in [-0.2, 0) is 4.79 Å². The molecule has 0 aromatic heterocycles.